The first-order valence-corrected chi connectivity index (χ1v) is 9.85. The number of nitrogens with zero attached hydrogens (tertiary/aromatic N) is 4. The molecule has 4 aromatic rings. The number of unbranched alkanes of at least 4 members (excludes halogenated alkanes) is 1. The first-order valence-electron chi connectivity index (χ1n) is 9.09. The number of fused-ring (bicyclic) bond motifs is 1. The van der Waals surface area contributed by atoms with Crippen LogP contribution in [0.4, 0.5) is 0 Å². The minimum absolute atomic E-state index is 0.235. The van der Waals surface area contributed by atoms with Crippen LogP contribution in [0.1, 0.15) is 19.8 Å². The molecule has 0 fully saturated rings. The lowest BCUT2D eigenvalue weighted by Crippen LogP contribution is -2.22. The van der Waals surface area contributed by atoms with Crippen molar-refractivity contribution in [1.29, 1.82) is 0 Å². The molecule has 0 N–H and O–H groups in total. The van der Waals surface area contributed by atoms with Crippen LogP contribution in [0.3, 0.4) is 0 Å². The molecule has 28 heavy (non-hydrogen) atoms. The minimum atomic E-state index is -0.235. The highest BCUT2D eigenvalue weighted by Gasteiger charge is 2.18. The second kappa shape index (κ2) is 7.78. The molecule has 2 heterocycles. The Morgan fingerprint density at radius 1 is 0.929 bits per heavy atom. The van der Waals surface area contributed by atoms with Crippen molar-refractivity contribution < 1.29 is 0 Å². The molecule has 0 radical (unpaired) electrons. The van der Waals surface area contributed by atoms with Gasteiger partial charge in [0.15, 0.2) is 5.65 Å². The van der Waals surface area contributed by atoms with Gasteiger partial charge in [-0.2, -0.15) is 9.61 Å². The molecule has 0 aliphatic heterocycles. The Kier molecular flexibility index (Phi) is 5.20. The Bertz CT molecular complexity index is 1180. The lowest BCUT2D eigenvalue weighted by atomic mass is 9.97. The van der Waals surface area contributed by atoms with Crippen LogP contribution in [-0.2, 0) is 6.54 Å². The summed E-state index contributed by atoms with van der Waals surface area (Å²) in [6.45, 7) is 2.64. The molecule has 0 bridgehead atoms. The summed E-state index contributed by atoms with van der Waals surface area (Å²) in [5.41, 5.74) is 3.85. The van der Waals surface area contributed by atoms with Gasteiger partial charge in [-0.3, -0.25) is 0 Å². The van der Waals surface area contributed by atoms with Gasteiger partial charge in [0.25, 0.3) is 0 Å². The molecule has 0 atom stereocenters. The third kappa shape index (κ3) is 3.43. The predicted octanol–water partition coefficient (Wildman–Crippen LogP) is 5.33. The van der Waals surface area contributed by atoms with Crippen LogP contribution in [0.25, 0.3) is 27.9 Å². The van der Waals surface area contributed by atoms with E-state index >= 15 is 0 Å². The minimum Gasteiger partial charge on any atom is -0.244 e. The molecule has 0 spiro atoms. The number of aromatic nitrogens is 4. The zero-order valence-corrected chi connectivity index (χ0v) is 16.8. The van der Waals surface area contributed by atoms with Crippen LogP contribution < -0.4 is 5.69 Å². The fourth-order valence-electron chi connectivity index (χ4n) is 3.16. The van der Waals surface area contributed by atoms with Crippen LogP contribution in [-0.4, -0.2) is 19.4 Å². The van der Waals surface area contributed by atoms with E-state index in [-0.39, 0.29) is 5.69 Å². The number of hydrogen-bond donors (Lipinski definition) is 0. The van der Waals surface area contributed by atoms with Crippen molar-refractivity contribution in [1.82, 2.24) is 19.4 Å². The maximum absolute atomic E-state index is 12.7. The van der Waals surface area contributed by atoms with Crippen LogP contribution in [0.2, 0.25) is 10.0 Å². The van der Waals surface area contributed by atoms with Gasteiger partial charge in [-0.1, -0.05) is 60.8 Å². The number of aryl methyl sites for hydroxylation is 1. The molecule has 7 heteroatoms. The number of rotatable bonds is 5. The highest BCUT2D eigenvalue weighted by molar-refractivity contribution is 6.31. The number of hydrogen-bond acceptors (Lipinski definition) is 3. The van der Waals surface area contributed by atoms with E-state index in [1.54, 1.807) is 6.20 Å². The summed E-state index contributed by atoms with van der Waals surface area (Å²) in [7, 11) is 0. The second-order valence-corrected chi connectivity index (χ2v) is 7.41. The van der Waals surface area contributed by atoms with E-state index in [1.807, 2.05) is 48.5 Å². The number of benzene rings is 2. The van der Waals surface area contributed by atoms with Gasteiger partial charge >= 0.3 is 5.69 Å². The molecular weight excluding hydrogens is 395 g/mol. The van der Waals surface area contributed by atoms with Crippen LogP contribution in [0.5, 0.6) is 0 Å². The van der Waals surface area contributed by atoms with Crippen LogP contribution in [0.15, 0.2) is 59.5 Å². The third-order valence-corrected chi connectivity index (χ3v) is 5.13. The van der Waals surface area contributed by atoms with Crippen molar-refractivity contribution in [2.75, 3.05) is 0 Å². The first-order chi connectivity index (χ1) is 13.6. The van der Waals surface area contributed by atoms with E-state index in [2.05, 4.69) is 17.1 Å². The average Bonchev–Trinajstić information content (AvgIpc) is 3.03. The van der Waals surface area contributed by atoms with E-state index in [1.165, 1.54) is 9.20 Å². The molecule has 0 amide bonds. The van der Waals surface area contributed by atoms with Gasteiger partial charge in [0.2, 0.25) is 0 Å². The molecule has 142 valence electrons. The Morgan fingerprint density at radius 2 is 1.54 bits per heavy atom. The second-order valence-electron chi connectivity index (χ2n) is 6.54. The molecule has 0 saturated carbocycles. The standard InChI is InChI=1S/C21H18Cl2N4O/c1-2-3-12-26-21(28)27-20(25-26)19(15-6-10-17(23)11-7-15)18(13-24-27)14-4-8-16(22)9-5-14/h4-11,13H,2-3,12H2,1H3. The molecule has 2 aromatic carbocycles. The SMILES string of the molecule is CCCCn1nc2c(-c3ccc(Cl)cc3)c(-c3ccc(Cl)cc3)cnn2c1=O. The Balaban J connectivity index is 2.00. The van der Waals surface area contributed by atoms with E-state index in [4.69, 9.17) is 23.2 Å². The van der Waals surface area contributed by atoms with Gasteiger partial charge in [-0.25, -0.2) is 9.48 Å². The topological polar surface area (TPSA) is 52.2 Å². The summed E-state index contributed by atoms with van der Waals surface area (Å²) in [5, 5.41) is 10.3. The molecular formula is C21H18Cl2N4O. The quantitative estimate of drug-likeness (QED) is 0.444. The van der Waals surface area contributed by atoms with E-state index < -0.39 is 0 Å². The highest BCUT2D eigenvalue weighted by atomic mass is 35.5. The smallest absolute Gasteiger partial charge is 0.244 e. The monoisotopic (exact) mass is 412 g/mol. The molecule has 0 saturated heterocycles. The van der Waals surface area contributed by atoms with Crippen molar-refractivity contribution >= 4 is 28.8 Å². The summed E-state index contributed by atoms with van der Waals surface area (Å²) < 4.78 is 2.84. The molecule has 2 aromatic heterocycles. The summed E-state index contributed by atoms with van der Waals surface area (Å²) >= 11 is 12.1. The summed E-state index contributed by atoms with van der Waals surface area (Å²) in [6, 6.07) is 15.0. The maximum Gasteiger partial charge on any atom is 0.367 e. The summed E-state index contributed by atoms with van der Waals surface area (Å²) in [4.78, 5) is 12.7. The van der Waals surface area contributed by atoms with Crippen molar-refractivity contribution in [2.24, 2.45) is 0 Å². The van der Waals surface area contributed by atoms with Gasteiger partial charge in [0, 0.05) is 27.7 Å². The van der Waals surface area contributed by atoms with Gasteiger partial charge < -0.3 is 0 Å². The molecule has 0 unspecified atom stereocenters. The van der Waals surface area contributed by atoms with Gasteiger partial charge in [0.1, 0.15) is 0 Å². The van der Waals surface area contributed by atoms with Crippen LogP contribution >= 0.6 is 23.2 Å². The fourth-order valence-corrected chi connectivity index (χ4v) is 3.41. The Morgan fingerprint density at radius 3 is 2.14 bits per heavy atom. The largest absolute Gasteiger partial charge is 0.367 e. The zero-order chi connectivity index (χ0) is 19.7. The van der Waals surface area contributed by atoms with Crippen molar-refractivity contribution in [3.63, 3.8) is 0 Å². The van der Waals surface area contributed by atoms with Crippen molar-refractivity contribution in [3.05, 3.63) is 75.3 Å². The van der Waals surface area contributed by atoms with Crippen molar-refractivity contribution in [3.8, 4) is 22.3 Å². The van der Waals surface area contributed by atoms with Gasteiger partial charge in [-0.15, -0.1) is 5.10 Å². The molecule has 5 nitrogen and oxygen atoms in total. The Hall–Kier alpha value is -2.63. The lowest BCUT2D eigenvalue weighted by molar-refractivity contribution is 0.551. The maximum atomic E-state index is 12.7. The highest BCUT2D eigenvalue weighted by Crippen LogP contribution is 2.34. The van der Waals surface area contributed by atoms with Crippen LogP contribution in [0, 0.1) is 0 Å². The van der Waals surface area contributed by atoms with Gasteiger partial charge in [0.05, 0.1) is 6.20 Å². The lowest BCUT2D eigenvalue weighted by Gasteiger charge is -2.11. The predicted molar refractivity (Wildman–Crippen MR) is 113 cm³/mol. The molecule has 4 rings (SSSR count). The first kappa shape index (κ1) is 18.7. The summed E-state index contributed by atoms with van der Waals surface area (Å²) in [5.74, 6) is 0. The third-order valence-electron chi connectivity index (χ3n) is 4.62. The molecule has 0 aliphatic carbocycles. The van der Waals surface area contributed by atoms with E-state index in [9.17, 15) is 4.79 Å². The van der Waals surface area contributed by atoms with E-state index in [0.717, 1.165) is 35.1 Å². The van der Waals surface area contributed by atoms with E-state index in [0.29, 0.717) is 22.2 Å². The van der Waals surface area contributed by atoms with Crippen molar-refractivity contribution in [2.45, 2.75) is 26.3 Å². The normalized spacial score (nSPS) is 11.2. The zero-order valence-electron chi connectivity index (χ0n) is 15.3. The molecule has 0 aliphatic rings. The Labute approximate surface area is 172 Å². The average molecular weight is 413 g/mol. The van der Waals surface area contributed by atoms with Gasteiger partial charge in [-0.05, 0) is 41.8 Å². The number of halogens is 2. The summed E-state index contributed by atoms with van der Waals surface area (Å²) in [6.07, 6.45) is 3.56. The fraction of sp³-hybridized carbons (Fsp3) is 0.190.